The van der Waals surface area contributed by atoms with Crippen molar-refractivity contribution in [3.63, 3.8) is 0 Å². The van der Waals surface area contributed by atoms with Gasteiger partial charge in [-0.15, -0.1) is 0 Å². The first-order valence-electron chi connectivity index (χ1n) is 10.4. The standard InChI is InChI=1S/C21H30N6/c1-4-16-9-10-18-17(11-16)15(3)24-21(25-18)26-20-22-12-27(13-23-20)19-8-6-5-7-14(19)2/h9-11,14,19H,4-8,12-13H2,1-3H3,(H2,22,23,24,25,26)/p+2/t14-,19+/m0/s1. The number of aromatic nitrogens is 2. The van der Waals surface area contributed by atoms with E-state index in [9.17, 15) is 0 Å². The molecule has 6 heteroatoms. The minimum absolute atomic E-state index is 0.647. The van der Waals surface area contributed by atoms with E-state index in [0.717, 1.165) is 54.3 Å². The van der Waals surface area contributed by atoms with E-state index in [2.05, 4.69) is 59.6 Å². The number of benzene rings is 1. The molecule has 3 atom stereocenters. The minimum Gasteiger partial charge on any atom is -0.274 e. The number of nitrogens with zero attached hydrogens (tertiary/aromatic N) is 2. The Morgan fingerprint density at radius 3 is 2.85 bits per heavy atom. The van der Waals surface area contributed by atoms with Gasteiger partial charge in [-0.1, -0.05) is 26.3 Å². The Morgan fingerprint density at radius 1 is 1.26 bits per heavy atom. The molecule has 0 radical (unpaired) electrons. The Labute approximate surface area is 161 Å². The Hall–Kier alpha value is -2.21. The molecule has 27 heavy (non-hydrogen) atoms. The molecule has 0 spiro atoms. The van der Waals surface area contributed by atoms with Gasteiger partial charge in [0.1, 0.15) is 0 Å². The van der Waals surface area contributed by atoms with E-state index in [1.807, 2.05) is 0 Å². The quantitative estimate of drug-likeness (QED) is 0.630. The summed E-state index contributed by atoms with van der Waals surface area (Å²) in [5.41, 5.74) is 3.32. The average Bonchev–Trinajstić information content (AvgIpc) is 2.69. The van der Waals surface area contributed by atoms with Crippen LogP contribution in [0.25, 0.3) is 10.9 Å². The fourth-order valence-electron chi connectivity index (χ4n) is 4.52. The lowest BCUT2D eigenvalue weighted by Crippen LogP contribution is -3.27. The molecule has 2 heterocycles. The second-order valence-corrected chi connectivity index (χ2v) is 8.07. The van der Waals surface area contributed by atoms with Crippen molar-refractivity contribution >= 4 is 22.8 Å². The van der Waals surface area contributed by atoms with Crippen LogP contribution in [0, 0.1) is 12.8 Å². The Balaban J connectivity index is 1.46. The molecule has 1 aromatic carbocycles. The third-order valence-electron chi connectivity index (χ3n) is 6.22. The van der Waals surface area contributed by atoms with Crippen LogP contribution in [-0.4, -0.2) is 35.3 Å². The van der Waals surface area contributed by atoms with Crippen molar-refractivity contribution in [1.82, 2.24) is 15.3 Å². The lowest BCUT2D eigenvalue weighted by Gasteiger charge is -2.35. The van der Waals surface area contributed by atoms with E-state index in [0.29, 0.717) is 5.95 Å². The lowest BCUT2D eigenvalue weighted by molar-refractivity contribution is -1.00. The summed E-state index contributed by atoms with van der Waals surface area (Å²) < 4.78 is 0. The van der Waals surface area contributed by atoms with Crippen LogP contribution >= 0.6 is 0 Å². The molecule has 2 aromatic rings. The number of rotatable bonds is 3. The van der Waals surface area contributed by atoms with Gasteiger partial charge in [0.15, 0.2) is 13.3 Å². The smallest absolute Gasteiger partial charge is 0.274 e. The molecule has 1 aliphatic heterocycles. The first-order chi connectivity index (χ1) is 13.1. The van der Waals surface area contributed by atoms with Crippen molar-refractivity contribution < 1.29 is 9.89 Å². The first kappa shape index (κ1) is 18.2. The molecule has 2 aliphatic rings. The highest BCUT2D eigenvalue weighted by molar-refractivity contribution is 5.89. The fourth-order valence-corrected chi connectivity index (χ4v) is 4.52. The van der Waals surface area contributed by atoms with Gasteiger partial charge >= 0.3 is 5.96 Å². The van der Waals surface area contributed by atoms with Gasteiger partial charge in [-0.05, 0) is 50.3 Å². The van der Waals surface area contributed by atoms with Gasteiger partial charge in [0.2, 0.25) is 0 Å². The minimum atomic E-state index is 0.647. The normalized spacial score (nSPS) is 25.7. The third kappa shape index (κ3) is 3.90. The summed E-state index contributed by atoms with van der Waals surface area (Å²) in [6.07, 6.45) is 6.50. The second-order valence-electron chi connectivity index (χ2n) is 8.07. The van der Waals surface area contributed by atoms with Crippen LogP contribution in [0.4, 0.5) is 5.95 Å². The molecule has 1 saturated carbocycles. The molecular formula is C21H32N6+2. The topological polar surface area (TPSA) is 68.2 Å². The van der Waals surface area contributed by atoms with Gasteiger partial charge in [0.05, 0.1) is 17.3 Å². The van der Waals surface area contributed by atoms with Crippen LogP contribution in [0.1, 0.15) is 50.8 Å². The third-order valence-corrected chi connectivity index (χ3v) is 6.22. The summed E-state index contributed by atoms with van der Waals surface area (Å²) in [5.74, 6) is 2.37. The number of aryl methyl sites for hydroxylation is 2. The monoisotopic (exact) mass is 368 g/mol. The largest absolute Gasteiger partial charge is 0.359 e. The van der Waals surface area contributed by atoms with Gasteiger partial charge in [-0.25, -0.2) is 20.6 Å². The summed E-state index contributed by atoms with van der Waals surface area (Å²) in [5, 5.41) is 7.97. The summed E-state index contributed by atoms with van der Waals surface area (Å²) >= 11 is 0. The van der Waals surface area contributed by atoms with Crippen molar-refractivity contribution in [2.45, 2.75) is 58.9 Å². The highest BCUT2D eigenvalue weighted by Crippen LogP contribution is 2.22. The van der Waals surface area contributed by atoms with Gasteiger partial charge in [-0.3, -0.25) is 4.90 Å². The molecule has 6 nitrogen and oxygen atoms in total. The highest BCUT2D eigenvalue weighted by Gasteiger charge is 2.33. The van der Waals surface area contributed by atoms with E-state index in [4.69, 9.17) is 4.98 Å². The van der Waals surface area contributed by atoms with Gasteiger partial charge < -0.3 is 0 Å². The van der Waals surface area contributed by atoms with E-state index in [1.165, 1.54) is 31.2 Å². The molecule has 0 saturated heterocycles. The summed E-state index contributed by atoms with van der Waals surface area (Å²) in [4.78, 5) is 14.5. The van der Waals surface area contributed by atoms with Crippen LogP contribution in [0.5, 0.6) is 0 Å². The van der Waals surface area contributed by atoms with Crippen LogP contribution in [0.15, 0.2) is 18.2 Å². The van der Waals surface area contributed by atoms with E-state index in [-0.39, 0.29) is 0 Å². The van der Waals surface area contributed by atoms with Crippen molar-refractivity contribution in [3.05, 3.63) is 29.5 Å². The molecule has 1 aromatic heterocycles. The van der Waals surface area contributed by atoms with E-state index >= 15 is 0 Å². The van der Waals surface area contributed by atoms with Crippen molar-refractivity contribution in [1.29, 1.82) is 0 Å². The Morgan fingerprint density at radius 2 is 2.11 bits per heavy atom. The average molecular weight is 369 g/mol. The molecule has 1 aliphatic carbocycles. The molecule has 0 amide bonds. The van der Waals surface area contributed by atoms with Gasteiger partial charge in [-0.2, -0.15) is 4.98 Å². The zero-order chi connectivity index (χ0) is 18.8. The number of guanidine groups is 1. The zero-order valence-electron chi connectivity index (χ0n) is 16.7. The number of hydrogen-bond donors (Lipinski definition) is 4. The van der Waals surface area contributed by atoms with Crippen LogP contribution in [0.3, 0.4) is 0 Å². The number of fused-ring (bicyclic) bond motifs is 1. The van der Waals surface area contributed by atoms with Crippen LogP contribution < -0.4 is 20.5 Å². The molecule has 1 fully saturated rings. The number of anilines is 1. The van der Waals surface area contributed by atoms with Crippen LogP contribution in [-0.2, 0) is 6.42 Å². The van der Waals surface area contributed by atoms with Gasteiger partial charge in [0.25, 0.3) is 5.95 Å². The molecule has 0 bridgehead atoms. The molecular weight excluding hydrogens is 336 g/mol. The number of nitrogens with one attached hydrogen (secondary N) is 4. The maximum Gasteiger partial charge on any atom is 0.359 e. The summed E-state index contributed by atoms with van der Waals surface area (Å²) in [7, 11) is 0. The lowest BCUT2D eigenvalue weighted by atomic mass is 9.85. The second kappa shape index (κ2) is 7.80. The summed E-state index contributed by atoms with van der Waals surface area (Å²) in [6, 6.07) is 7.20. The Kier molecular flexibility index (Phi) is 5.25. The van der Waals surface area contributed by atoms with E-state index < -0.39 is 0 Å². The summed E-state index contributed by atoms with van der Waals surface area (Å²) in [6.45, 7) is 8.51. The SMILES string of the molecule is CCc1ccc2nc(NC3=[NH+]C[NH+]([C@@H]4CCCC[C@@H]4C)CN3)nc(C)c2c1. The van der Waals surface area contributed by atoms with Crippen molar-refractivity contribution in [3.8, 4) is 0 Å². The number of quaternary nitrogens is 1. The van der Waals surface area contributed by atoms with Crippen molar-refractivity contribution in [2.75, 3.05) is 18.7 Å². The molecule has 1 unspecified atom stereocenters. The highest BCUT2D eigenvalue weighted by atomic mass is 15.4. The fraction of sp³-hybridized carbons (Fsp3) is 0.571. The maximum atomic E-state index is 4.70. The number of hydrogen-bond acceptors (Lipinski definition) is 4. The predicted molar refractivity (Wildman–Crippen MR) is 108 cm³/mol. The zero-order valence-corrected chi connectivity index (χ0v) is 16.7. The Bertz CT molecular complexity index is 846. The maximum absolute atomic E-state index is 4.70. The molecule has 144 valence electrons. The van der Waals surface area contributed by atoms with Gasteiger partial charge in [0, 0.05) is 11.3 Å². The van der Waals surface area contributed by atoms with Crippen molar-refractivity contribution in [2.24, 2.45) is 5.92 Å². The predicted octanol–water partition coefficient (Wildman–Crippen LogP) is 0.331. The van der Waals surface area contributed by atoms with Crippen LogP contribution in [0.2, 0.25) is 0 Å². The molecule has 4 N–H and O–H groups in total. The first-order valence-corrected chi connectivity index (χ1v) is 10.4. The van der Waals surface area contributed by atoms with E-state index in [1.54, 1.807) is 4.90 Å². The molecule has 4 rings (SSSR count).